The van der Waals surface area contributed by atoms with Crippen LogP contribution in [0.15, 0.2) is 188 Å². The van der Waals surface area contributed by atoms with Crippen LogP contribution in [0.2, 0.25) is 0 Å². The number of hydrogen-bond donors (Lipinski definition) is 0. The molecule has 2 heteroatoms. The van der Waals surface area contributed by atoms with Crippen molar-refractivity contribution in [2.45, 2.75) is 0 Å². The number of nitrogens with zero attached hydrogens (tertiary/aromatic N) is 1. The number of hydrogen-bond acceptors (Lipinski definition) is 2. The van der Waals surface area contributed by atoms with Gasteiger partial charge in [-0.1, -0.05) is 127 Å². The van der Waals surface area contributed by atoms with E-state index in [-0.39, 0.29) is 0 Å². The van der Waals surface area contributed by atoms with Crippen LogP contribution in [0.4, 0.5) is 17.1 Å². The van der Waals surface area contributed by atoms with E-state index in [4.69, 9.17) is 0 Å². The highest BCUT2D eigenvalue weighted by atomic mass is 32.1. The van der Waals surface area contributed by atoms with E-state index in [1.54, 1.807) is 0 Å². The monoisotopic (exact) mass is 653 g/mol. The molecular formula is C48H31NS. The first-order chi connectivity index (χ1) is 24.8. The first-order valence-electron chi connectivity index (χ1n) is 17.1. The van der Waals surface area contributed by atoms with Crippen LogP contribution in [0.25, 0.3) is 74.7 Å². The molecule has 10 rings (SSSR count). The summed E-state index contributed by atoms with van der Waals surface area (Å²) in [7, 11) is 0. The van der Waals surface area contributed by atoms with Gasteiger partial charge in [0.1, 0.15) is 0 Å². The molecular weight excluding hydrogens is 623 g/mol. The summed E-state index contributed by atoms with van der Waals surface area (Å²) in [6, 6.07) is 68.8. The molecule has 0 amide bonds. The molecule has 0 unspecified atom stereocenters. The normalized spacial score (nSPS) is 11.6. The lowest BCUT2D eigenvalue weighted by atomic mass is 9.93. The Labute approximate surface area is 294 Å². The van der Waals surface area contributed by atoms with Crippen LogP contribution in [0.1, 0.15) is 0 Å². The fourth-order valence-electron chi connectivity index (χ4n) is 7.58. The Balaban J connectivity index is 1.16. The van der Waals surface area contributed by atoms with Crippen molar-refractivity contribution in [2.24, 2.45) is 0 Å². The van der Waals surface area contributed by atoms with Crippen LogP contribution in [0.5, 0.6) is 0 Å². The molecule has 0 aliphatic carbocycles. The van der Waals surface area contributed by atoms with Crippen molar-refractivity contribution in [1.29, 1.82) is 0 Å². The molecule has 0 spiro atoms. The van der Waals surface area contributed by atoms with Gasteiger partial charge >= 0.3 is 0 Å². The minimum absolute atomic E-state index is 1.12. The summed E-state index contributed by atoms with van der Waals surface area (Å²) in [6.45, 7) is 0. The summed E-state index contributed by atoms with van der Waals surface area (Å²) in [5.74, 6) is 0. The van der Waals surface area contributed by atoms with Crippen LogP contribution < -0.4 is 4.90 Å². The van der Waals surface area contributed by atoms with E-state index in [0.717, 1.165) is 17.1 Å². The molecule has 0 saturated carbocycles. The summed E-state index contributed by atoms with van der Waals surface area (Å²) >= 11 is 1.87. The van der Waals surface area contributed by atoms with Gasteiger partial charge in [0.05, 0.1) is 0 Å². The lowest BCUT2D eigenvalue weighted by molar-refractivity contribution is 1.29. The van der Waals surface area contributed by atoms with Gasteiger partial charge < -0.3 is 4.90 Å². The molecule has 1 aromatic heterocycles. The van der Waals surface area contributed by atoms with E-state index in [9.17, 15) is 0 Å². The van der Waals surface area contributed by atoms with Crippen molar-refractivity contribution in [2.75, 3.05) is 4.90 Å². The molecule has 50 heavy (non-hydrogen) atoms. The zero-order chi connectivity index (χ0) is 33.0. The van der Waals surface area contributed by atoms with Gasteiger partial charge in [0.15, 0.2) is 0 Å². The molecule has 0 N–H and O–H groups in total. The summed E-state index contributed by atoms with van der Waals surface area (Å²) < 4.78 is 2.66. The minimum Gasteiger partial charge on any atom is -0.310 e. The van der Waals surface area contributed by atoms with Crippen molar-refractivity contribution in [3.8, 4) is 22.3 Å². The van der Waals surface area contributed by atoms with E-state index in [1.165, 1.54) is 74.7 Å². The number of anilines is 3. The van der Waals surface area contributed by atoms with Crippen molar-refractivity contribution >= 4 is 80.9 Å². The number of thiophene rings is 1. The highest BCUT2D eigenvalue weighted by Crippen LogP contribution is 2.42. The first-order valence-corrected chi connectivity index (χ1v) is 17.9. The van der Waals surface area contributed by atoms with Gasteiger partial charge in [0, 0.05) is 37.2 Å². The van der Waals surface area contributed by atoms with Crippen molar-refractivity contribution in [1.82, 2.24) is 0 Å². The van der Waals surface area contributed by atoms with E-state index >= 15 is 0 Å². The molecule has 0 bridgehead atoms. The molecule has 1 nitrogen and oxygen atoms in total. The van der Waals surface area contributed by atoms with E-state index < -0.39 is 0 Å². The second-order valence-corrected chi connectivity index (χ2v) is 14.1. The predicted octanol–water partition coefficient (Wildman–Crippen LogP) is 14.3. The largest absolute Gasteiger partial charge is 0.310 e. The molecule has 0 fully saturated rings. The zero-order valence-electron chi connectivity index (χ0n) is 27.3. The standard InChI is InChI=1S/C48H31NS/c1-2-11-32(12-3-1)33-21-24-38(25-22-33)49(40-26-23-34-31-48-46(30-37(34)28-40)44-19-8-9-20-47(44)50-48)39-15-10-14-35(27-39)45-29-36-13-4-5-16-41(36)42-17-6-7-18-43(42)45/h1-31H. The maximum Gasteiger partial charge on any atom is 0.0468 e. The maximum atomic E-state index is 2.40. The highest BCUT2D eigenvalue weighted by molar-refractivity contribution is 7.25. The maximum absolute atomic E-state index is 2.40. The fraction of sp³-hybridized carbons (Fsp3) is 0. The van der Waals surface area contributed by atoms with E-state index in [2.05, 4.69) is 193 Å². The molecule has 1 heterocycles. The Morgan fingerprint density at radius 2 is 0.960 bits per heavy atom. The van der Waals surface area contributed by atoms with Crippen LogP contribution in [-0.4, -0.2) is 0 Å². The van der Waals surface area contributed by atoms with Gasteiger partial charge in [-0.05, 0) is 115 Å². The molecule has 10 aromatic rings. The summed E-state index contributed by atoms with van der Waals surface area (Å²) in [5, 5.41) is 10.2. The summed E-state index contributed by atoms with van der Waals surface area (Å²) in [6.07, 6.45) is 0. The second-order valence-electron chi connectivity index (χ2n) is 13.0. The topological polar surface area (TPSA) is 3.24 Å². The Morgan fingerprint density at radius 1 is 0.300 bits per heavy atom. The van der Waals surface area contributed by atoms with Gasteiger partial charge in [0.2, 0.25) is 0 Å². The molecule has 0 aliphatic rings. The molecule has 0 atom stereocenters. The Morgan fingerprint density at radius 3 is 1.82 bits per heavy atom. The molecule has 234 valence electrons. The zero-order valence-corrected chi connectivity index (χ0v) is 28.1. The van der Waals surface area contributed by atoms with Crippen LogP contribution in [0, 0.1) is 0 Å². The van der Waals surface area contributed by atoms with Crippen LogP contribution in [-0.2, 0) is 0 Å². The fourth-order valence-corrected chi connectivity index (χ4v) is 8.72. The summed E-state index contributed by atoms with van der Waals surface area (Å²) in [4.78, 5) is 2.40. The van der Waals surface area contributed by atoms with Crippen LogP contribution in [0.3, 0.4) is 0 Å². The smallest absolute Gasteiger partial charge is 0.0468 e. The quantitative estimate of drug-likeness (QED) is 0.167. The molecule has 9 aromatic carbocycles. The lowest BCUT2D eigenvalue weighted by Crippen LogP contribution is -2.10. The Kier molecular flexibility index (Phi) is 6.75. The second kappa shape index (κ2) is 11.7. The molecule has 0 aliphatic heterocycles. The number of benzene rings is 9. The van der Waals surface area contributed by atoms with Gasteiger partial charge in [-0.2, -0.15) is 0 Å². The third-order valence-corrected chi connectivity index (χ3v) is 11.1. The molecule has 0 radical (unpaired) electrons. The average molecular weight is 654 g/mol. The van der Waals surface area contributed by atoms with Crippen LogP contribution >= 0.6 is 11.3 Å². The highest BCUT2D eigenvalue weighted by Gasteiger charge is 2.17. The van der Waals surface area contributed by atoms with Crippen molar-refractivity contribution in [3.05, 3.63) is 188 Å². The van der Waals surface area contributed by atoms with Gasteiger partial charge in [-0.3, -0.25) is 0 Å². The Hall–Kier alpha value is -6.22. The third kappa shape index (κ3) is 4.84. The van der Waals surface area contributed by atoms with Gasteiger partial charge in [-0.25, -0.2) is 0 Å². The van der Waals surface area contributed by atoms with Crippen molar-refractivity contribution < 1.29 is 0 Å². The van der Waals surface area contributed by atoms with Gasteiger partial charge in [0.25, 0.3) is 0 Å². The number of rotatable bonds is 5. The third-order valence-electron chi connectivity index (χ3n) is 9.99. The average Bonchev–Trinajstić information content (AvgIpc) is 3.55. The lowest BCUT2D eigenvalue weighted by Gasteiger charge is -2.27. The predicted molar refractivity (Wildman–Crippen MR) is 217 cm³/mol. The molecule has 0 saturated heterocycles. The SMILES string of the molecule is c1ccc(-c2ccc(N(c3cccc(-c4cc5ccccc5c5ccccc45)c3)c3ccc4cc5sc6ccccc6c5cc4c3)cc2)cc1. The summed E-state index contributed by atoms with van der Waals surface area (Å²) in [5.41, 5.74) is 8.22. The Bertz CT molecular complexity index is 2870. The van der Waals surface area contributed by atoms with E-state index in [0.29, 0.717) is 0 Å². The number of fused-ring (bicyclic) bond motifs is 7. The first kappa shape index (κ1) is 28.8. The van der Waals surface area contributed by atoms with Gasteiger partial charge in [-0.15, -0.1) is 11.3 Å². The minimum atomic E-state index is 1.12. The van der Waals surface area contributed by atoms with E-state index in [1.807, 2.05) is 11.3 Å². The van der Waals surface area contributed by atoms with Crippen molar-refractivity contribution in [3.63, 3.8) is 0 Å².